The van der Waals surface area contributed by atoms with Gasteiger partial charge in [-0.25, -0.2) is 9.59 Å². The molecule has 0 saturated carbocycles. The lowest BCUT2D eigenvalue weighted by molar-refractivity contribution is -0.195. The van der Waals surface area contributed by atoms with E-state index in [1.807, 2.05) is 36.5 Å². The van der Waals surface area contributed by atoms with Gasteiger partial charge in [-0.15, -0.1) is 9.49 Å². The number of aliphatic hydroxyl groups excluding tert-OH is 2. The number of aromatic nitrogens is 3. The number of carboxylic acids is 1. The van der Waals surface area contributed by atoms with Crippen molar-refractivity contribution >= 4 is 18.1 Å². The fourth-order valence-corrected chi connectivity index (χ4v) is 4.01. The first kappa shape index (κ1) is 31.1. The van der Waals surface area contributed by atoms with E-state index in [9.17, 15) is 29.0 Å². The molecular weight excluding hydrogens is 543 g/mol. The Labute approximate surface area is 234 Å². The standard InChI is InChI=1S/C26H27FN4O8.CH4O/c27-26(36)37-15-16-7-8-21(38-23-13-18(32)12-22(39-23)25(34)35)19(11-16)24(33)28-9-4-10-31-14-20(29-30-31)17-5-2-1-3-6-17;1-2/h1-3,5-8,11,14,18,22-23,32H,4,9-10,12-13,15H2,(H,28,33)(H,34,35);2H,1H3. The van der Waals surface area contributed by atoms with Gasteiger partial charge >= 0.3 is 12.2 Å². The van der Waals surface area contributed by atoms with Crippen molar-refractivity contribution in [2.24, 2.45) is 0 Å². The Hall–Kier alpha value is -4.40. The Morgan fingerprint density at radius 2 is 1.90 bits per heavy atom. The largest absolute Gasteiger partial charge is 0.495 e. The van der Waals surface area contributed by atoms with Crippen molar-refractivity contribution in [3.8, 4) is 17.0 Å². The van der Waals surface area contributed by atoms with Crippen LogP contribution in [0.2, 0.25) is 0 Å². The highest BCUT2D eigenvalue weighted by atomic mass is 19.1. The predicted octanol–water partition coefficient (Wildman–Crippen LogP) is 2.31. The maximum atomic E-state index is 13.0. The summed E-state index contributed by atoms with van der Waals surface area (Å²) < 4.78 is 29.7. The third kappa shape index (κ3) is 9.34. The molecule has 1 fully saturated rings. The van der Waals surface area contributed by atoms with Crippen LogP contribution in [-0.2, 0) is 27.4 Å². The number of aryl methyl sites for hydroxylation is 1. The SMILES string of the molecule is CO.O=C(F)OCc1ccc(OC2CC(O)CC(C(=O)O)O2)c(C(=O)NCCCn2cc(-c3ccccc3)nn2)c1. The number of amides is 1. The number of aliphatic carboxylic acids is 1. The van der Waals surface area contributed by atoms with E-state index in [1.54, 1.807) is 4.68 Å². The summed E-state index contributed by atoms with van der Waals surface area (Å²) in [5.74, 6) is -1.73. The fourth-order valence-electron chi connectivity index (χ4n) is 4.01. The van der Waals surface area contributed by atoms with Crippen LogP contribution in [0, 0.1) is 0 Å². The molecule has 2 heterocycles. The number of carbonyl (C=O) groups excluding carboxylic acids is 2. The van der Waals surface area contributed by atoms with Gasteiger partial charge in [-0.1, -0.05) is 41.6 Å². The summed E-state index contributed by atoms with van der Waals surface area (Å²) in [7, 11) is 1.00. The van der Waals surface area contributed by atoms with Gasteiger partial charge in [-0.2, -0.15) is 0 Å². The Morgan fingerprint density at radius 1 is 1.15 bits per heavy atom. The van der Waals surface area contributed by atoms with Gasteiger partial charge in [0.25, 0.3) is 5.91 Å². The normalized spacial score (nSPS) is 18.0. The van der Waals surface area contributed by atoms with Crippen LogP contribution in [-0.4, -0.2) is 80.6 Å². The number of benzene rings is 2. The van der Waals surface area contributed by atoms with E-state index in [2.05, 4.69) is 20.4 Å². The van der Waals surface area contributed by atoms with E-state index >= 15 is 0 Å². The third-order valence-electron chi connectivity index (χ3n) is 5.90. The Morgan fingerprint density at radius 3 is 2.61 bits per heavy atom. The van der Waals surface area contributed by atoms with Crippen LogP contribution in [0.5, 0.6) is 5.75 Å². The van der Waals surface area contributed by atoms with Crippen LogP contribution in [0.1, 0.15) is 35.2 Å². The number of nitrogens with one attached hydrogen (secondary N) is 1. The molecule has 1 aliphatic heterocycles. The fraction of sp³-hybridized carbons (Fsp3) is 0.370. The lowest BCUT2D eigenvalue weighted by Crippen LogP contribution is -2.42. The molecule has 220 valence electrons. The first-order valence-electron chi connectivity index (χ1n) is 12.6. The highest BCUT2D eigenvalue weighted by Gasteiger charge is 2.34. The molecule has 13 nitrogen and oxygen atoms in total. The molecule has 4 rings (SSSR count). The number of carbonyl (C=O) groups is 3. The van der Waals surface area contributed by atoms with Crippen LogP contribution in [0.3, 0.4) is 0 Å². The van der Waals surface area contributed by atoms with Crippen molar-refractivity contribution in [2.75, 3.05) is 13.7 Å². The highest BCUT2D eigenvalue weighted by Crippen LogP contribution is 2.27. The lowest BCUT2D eigenvalue weighted by atomic mass is 10.0. The van der Waals surface area contributed by atoms with Gasteiger partial charge in [-0.3, -0.25) is 9.48 Å². The second-order valence-corrected chi connectivity index (χ2v) is 8.83. The summed E-state index contributed by atoms with van der Waals surface area (Å²) in [6.45, 7) is 0.342. The van der Waals surface area contributed by atoms with Crippen molar-refractivity contribution < 1.29 is 48.3 Å². The number of carboxylic acid groups (broad SMARTS) is 1. The van der Waals surface area contributed by atoms with Crippen LogP contribution in [0.25, 0.3) is 11.3 Å². The molecule has 0 radical (unpaired) electrons. The molecule has 14 heteroatoms. The minimum atomic E-state index is -1.96. The average Bonchev–Trinajstić information content (AvgIpc) is 3.45. The van der Waals surface area contributed by atoms with Gasteiger partial charge in [0.15, 0.2) is 6.10 Å². The minimum Gasteiger partial charge on any atom is -0.479 e. The number of ether oxygens (including phenoxy) is 3. The number of rotatable bonds is 11. The van der Waals surface area contributed by atoms with Crippen molar-refractivity contribution in [2.45, 2.75) is 50.9 Å². The zero-order chi connectivity index (χ0) is 29.8. The van der Waals surface area contributed by atoms with Gasteiger partial charge < -0.3 is 34.8 Å². The van der Waals surface area contributed by atoms with Gasteiger partial charge in [0.2, 0.25) is 6.29 Å². The minimum absolute atomic E-state index is 0.00503. The molecule has 3 aromatic rings. The van der Waals surface area contributed by atoms with Gasteiger partial charge in [0.05, 0.1) is 17.9 Å². The quantitative estimate of drug-likeness (QED) is 0.195. The van der Waals surface area contributed by atoms with E-state index in [4.69, 9.17) is 14.6 Å². The summed E-state index contributed by atoms with van der Waals surface area (Å²) in [6, 6.07) is 13.8. The second-order valence-electron chi connectivity index (χ2n) is 8.83. The smallest absolute Gasteiger partial charge is 0.479 e. The predicted molar refractivity (Wildman–Crippen MR) is 140 cm³/mol. The van der Waals surface area contributed by atoms with Crippen molar-refractivity contribution in [1.82, 2.24) is 20.3 Å². The van der Waals surface area contributed by atoms with Crippen LogP contribution in [0.15, 0.2) is 54.7 Å². The Kier molecular flexibility index (Phi) is 11.7. The number of hydrogen-bond donors (Lipinski definition) is 4. The topological polar surface area (TPSA) is 182 Å². The second kappa shape index (κ2) is 15.4. The molecule has 4 N–H and O–H groups in total. The molecule has 1 aliphatic rings. The summed E-state index contributed by atoms with van der Waals surface area (Å²) >= 11 is 0. The number of halogens is 1. The summed E-state index contributed by atoms with van der Waals surface area (Å²) in [5.41, 5.74) is 2.02. The molecule has 0 bridgehead atoms. The van der Waals surface area contributed by atoms with E-state index < -0.39 is 43.2 Å². The van der Waals surface area contributed by atoms with Gasteiger partial charge in [0.1, 0.15) is 18.1 Å². The van der Waals surface area contributed by atoms with Crippen LogP contribution >= 0.6 is 0 Å². The van der Waals surface area contributed by atoms with Gasteiger partial charge in [-0.05, 0) is 24.1 Å². The molecule has 3 atom stereocenters. The van der Waals surface area contributed by atoms with Crippen LogP contribution in [0.4, 0.5) is 9.18 Å². The van der Waals surface area contributed by atoms with E-state index in [-0.39, 0.29) is 30.7 Å². The maximum Gasteiger partial charge on any atom is 0.495 e. The molecule has 0 spiro atoms. The van der Waals surface area contributed by atoms with Gasteiger partial charge in [0, 0.05) is 38.6 Å². The molecule has 0 aliphatic carbocycles. The third-order valence-corrected chi connectivity index (χ3v) is 5.90. The first-order chi connectivity index (χ1) is 19.8. The van der Waals surface area contributed by atoms with E-state index in [0.717, 1.165) is 18.4 Å². The first-order valence-corrected chi connectivity index (χ1v) is 12.6. The number of aliphatic hydroxyl groups is 2. The molecule has 1 aromatic heterocycles. The molecule has 41 heavy (non-hydrogen) atoms. The summed E-state index contributed by atoms with van der Waals surface area (Å²) in [6.07, 6.45) is -3.08. The molecule has 1 amide bonds. The van der Waals surface area contributed by atoms with Crippen molar-refractivity contribution in [3.63, 3.8) is 0 Å². The Bertz CT molecular complexity index is 1300. The highest BCUT2D eigenvalue weighted by molar-refractivity contribution is 5.97. The number of hydrogen-bond acceptors (Lipinski definition) is 10. The van der Waals surface area contributed by atoms with E-state index in [0.29, 0.717) is 18.5 Å². The lowest BCUT2D eigenvalue weighted by Gasteiger charge is -2.31. The zero-order valence-electron chi connectivity index (χ0n) is 22.2. The molecule has 2 aromatic carbocycles. The average molecular weight is 575 g/mol. The zero-order valence-corrected chi connectivity index (χ0v) is 22.2. The molecule has 3 unspecified atom stereocenters. The summed E-state index contributed by atoms with van der Waals surface area (Å²) in [4.78, 5) is 34.9. The molecular formula is C27H31FN4O9. The summed E-state index contributed by atoms with van der Waals surface area (Å²) in [5, 5.41) is 37.3. The molecule has 1 saturated heterocycles. The van der Waals surface area contributed by atoms with Crippen LogP contribution < -0.4 is 10.1 Å². The van der Waals surface area contributed by atoms with Crippen molar-refractivity contribution in [1.29, 1.82) is 0 Å². The van der Waals surface area contributed by atoms with Crippen molar-refractivity contribution in [3.05, 3.63) is 65.9 Å². The Balaban J connectivity index is 0.00000226. The van der Waals surface area contributed by atoms with E-state index in [1.165, 1.54) is 18.2 Å². The monoisotopic (exact) mass is 574 g/mol. The number of nitrogens with zero attached hydrogens (tertiary/aromatic N) is 3. The maximum absolute atomic E-state index is 13.0.